The number of nitrogen functional groups attached to an aromatic ring is 1. The maximum Gasteiger partial charge on any atom is 0.165 e. The van der Waals surface area contributed by atoms with Crippen molar-refractivity contribution in [3.8, 4) is 0 Å². The molecule has 6 heteroatoms. The van der Waals surface area contributed by atoms with E-state index in [0.717, 1.165) is 11.4 Å². The van der Waals surface area contributed by atoms with Crippen molar-refractivity contribution in [2.75, 3.05) is 5.43 Å². The molecule has 4 N–H and O–H groups in total. The molecule has 2 aromatic carbocycles. The molecule has 1 unspecified atom stereocenters. The quantitative estimate of drug-likeness (QED) is 0.447. The highest BCUT2D eigenvalue weighted by Gasteiger charge is 1.93. The van der Waals surface area contributed by atoms with Gasteiger partial charge >= 0.3 is 0 Å². The van der Waals surface area contributed by atoms with Crippen molar-refractivity contribution < 1.29 is 9.90 Å². The van der Waals surface area contributed by atoms with Gasteiger partial charge in [-0.3, -0.25) is 5.84 Å². The number of nitrogens with zero attached hydrogens (tertiary/aromatic N) is 2. The van der Waals surface area contributed by atoms with Crippen LogP contribution in [-0.2, 0) is 4.79 Å². The summed E-state index contributed by atoms with van der Waals surface area (Å²) >= 11 is 0. The summed E-state index contributed by atoms with van der Waals surface area (Å²) in [6.07, 6.45) is -0.0822. The third kappa shape index (κ3) is 13.1. The lowest BCUT2D eigenvalue weighted by Gasteiger charge is -1.96. The van der Waals surface area contributed by atoms with E-state index in [1.807, 2.05) is 67.6 Å². The molecule has 0 bridgehead atoms. The number of hydrogen-bond acceptors (Lipinski definition) is 6. The van der Waals surface area contributed by atoms with Crippen LogP contribution in [0.5, 0.6) is 0 Å². The van der Waals surface area contributed by atoms with Crippen LogP contribution in [0, 0.1) is 0 Å². The van der Waals surface area contributed by atoms with Crippen LogP contribution in [0.2, 0.25) is 0 Å². The largest absolute Gasteiger partial charge is 0.370 e. The van der Waals surface area contributed by atoms with E-state index in [1.165, 1.54) is 13.8 Å². The van der Waals surface area contributed by atoms with Crippen molar-refractivity contribution in [3.63, 3.8) is 0 Å². The van der Waals surface area contributed by atoms with E-state index in [9.17, 15) is 4.79 Å². The monoisotopic (exact) mass is 330 g/mol. The van der Waals surface area contributed by atoms with E-state index < -0.39 is 6.23 Å². The minimum Gasteiger partial charge on any atom is -0.370 e. The average Bonchev–Trinajstić information content (AvgIpc) is 2.61. The number of ketones is 1. The summed E-state index contributed by atoms with van der Waals surface area (Å²) in [4.78, 5) is 9.44. The topological polar surface area (TPSA) is 100 Å². The van der Waals surface area contributed by atoms with Crippen LogP contribution < -0.4 is 11.3 Å². The van der Waals surface area contributed by atoms with Gasteiger partial charge in [0.1, 0.15) is 5.78 Å². The molecule has 0 saturated carbocycles. The standard InChI is InChI=1S/C9H12N2O.C6H8N2.C3H6O/c1-2-9(12)11-10-8-6-4-3-5-7-8;7-8-6-4-2-1-3-5-6;1-3(2)4/h3-7,9,12H,2H2,1H3;1-5,8H,7H2;1-2H3/b11-10+;;. The number of aliphatic hydroxyl groups excluding tert-OH is 1. The molecule has 0 amide bonds. The Labute approximate surface area is 143 Å². The number of anilines is 1. The average molecular weight is 330 g/mol. The minimum atomic E-state index is -0.676. The number of carbonyl (C=O) groups excluding carboxylic acids is 1. The van der Waals surface area contributed by atoms with Crippen molar-refractivity contribution in [1.82, 2.24) is 0 Å². The lowest BCUT2D eigenvalue weighted by atomic mass is 10.3. The Morgan fingerprint density at radius 1 is 1.08 bits per heavy atom. The first-order valence-corrected chi connectivity index (χ1v) is 7.62. The number of hydrazine groups is 1. The predicted octanol–water partition coefficient (Wildman–Crippen LogP) is 4.07. The van der Waals surface area contributed by atoms with E-state index >= 15 is 0 Å². The lowest BCUT2D eigenvalue weighted by Crippen LogP contribution is -2.05. The van der Waals surface area contributed by atoms with E-state index in [4.69, 9.17) is 10.9 Å². The number of carbonyl (C=O) groups is 1. The Morgan fingerprint density at radius 2 is 1.54 bits per heavy atom. The van der Waals surface area contributed by atoms with E-state index in [1.54, 1.807) is 0 Å². The number of nitrogens with two attached hydrogens (primary N) is 1. The highest BCUT2D eigenvalue weighted by Crippen LogP contribution is 2.11. The first kappa shape index (κ1) is 21.4. The molecule has 0 fully saturated rings. The molecule has 24 heavy (non-hydrogen) atoms. The number of aliphatic hydroxyl groups is 1. The van der Waals surface area contributed by atoms with Crippen molar-refractivity contribution in [2.45, 2.75) is 33.4 Å². The van der Waals surface area contributed by atoms with Crippen molar-refractivity contribution >= 4 is 17.2 Å². The molecular formula is C18H26N4O2. The number of azo groups is 1. The van der Waals surface area contributed by atoms with Crippen LogP contribution >= 0.6 is 0 Å². The molecule has 0 heterocycles. The Balaban J connectivity index is 0.000000379. The van der Waals surface area contributed by atoms with Gasteiger partial charge < -0.3 is 15.3 Å². The number of Topliss-reactive ketones (excluding diaryl/α,β-unsaturated/α-hetero) is 1. The Kier molecular flexibility index (Phi) is 12.5. The summed E-state index contributed by atoms with van der Waals surface area (Å²) in [6.45, 7) is 4.91. The minimum absolute atomic E-state index is 0.167. The summed E-state index contributed by atoms with van der Waals surface area (Å²) in [5, 5.41) is 16.6. The van der Waals surface area contributed by atoms with Crippen molar-refractivity contribution in [2.24, 2.45) is 16.1 Å². The second-order valence-corrected chi connectivity index (χ2v) is 4.86. The molecule has 1 atom stereocenters. The van der Waals surface area contributed by atoms with Crippen LogP contribution in [0.25, 0.3) is 0 Å². The number of benzene rings is 2. The predicted molar refractivity (Wildman–Crippen MR) is 97.9 cm³/mol. The molecule has 6 nitrogen and oxygen atoms in total. The first-order valence-electron chi connectivity index (χ1n) is 7.62. The molecule has 0 aliphatic carbocycles. The number of para-hydroxylation sites is 1. The number of rotatable bonds is 4. The van der Waals surface area contributed by atoms with Gasteiger partial charge in [0, 0.05) is 5.69 Å². The SMILES string of the molecule is CC(C)=O.CCC(O)/N=N/c1ccccc1.NNc1ccccc1. The molecule has 0 saturated heterocycles. The molecular weight excluding hydrogens is 304 g/mol. The van der Waals surface area contributed by atoms with Gasteiger partial charge in [-0.2, -0.15) is 10.2 Å². The summed E-state index contributed by atoms with van der Waals surface area (Å²) in [5.41, 5.74) is 4.23. The Hall–Kier alpha value is -2.57. The smallest absolute Gasteiger partial charge is 0.165 e. The second-order valence-electron chi connectivity index (χ2n) is 4.86. The molecule has 2 rings (SSSR count). The van der Waals surface area contributed by atoms with Gasteiger partial charge in [-0.05, 0) is 44.5 Å². The third-order valence-corrected chi connectivity index (χ3v) is 2.37. The fraction of sp³-hybridized carbons (Fsp3) is 0.278. The van der Waals surface area contributed by atoms with E-state index in [-0.39, 0.29) is 5.78 Å². The first-order chi connectivity index (χ1) is 11.5. The summed E-state index contributed by atoms with van der Waals surface area (Å²) in [7, 11) is 0. The van der Waals surface area contributed by atoms with Gasteiger partial charge in [0.25, 0.3) is 0 Å². The fourth-order valence-corrected chi connectivity index (χ4v) is 1.24. The van der Waals surface area contributed by atoms with Crippen LogP contribution in [0.4, 0.5) is 11.4 Å². The van der Waals surface area contributed by atoms with Gasteiger partial charge in [0.2, 0.25) is 0 Å². The van der Waals surface area contributed by atoms with Gasteiger partial charge in [-0.15, -0.1) is 0 Å². The van der Waals surface area contributed by atoms with Crippen LogP contribution in [0.1, 0.15) is 27.2 Å². The zero-order valence-corrected chi connectivity index (χ0v) is 14.4. The molecule has 0 radical (unpaired) electrons. The maximum atomic E-state index is 9.44. The lowest BCUT2D eigenvalue weighted by molar-refractivity contribution is -0.114. The van der Waals surface area contributed by atoms with Gasteiger partial charge in [-0.1, -0.05) is 43.3 Å². The number of nitrogens with one attached hydrogen (secondary N) is 1. The molecule has 0 spiro atoms. The van der Waals surface area contributed by atoms with Gasteiger partial charge in [-0.25, -0.2) is 0 Å². The van der Waals surface area contributed by atoms with Crippen molar-refractivity contribution in [3.05, 3.63) is 60.7 Å². The number of hydrogen-bond donors (Lipinski definition) is 3. The fourth-order valence-electron chi connectivity index (χ4n) is 1.24. The molecule has 130 valence electrons. The van der Waals surface area contributed by atoms with Crippen LogP contribution in [0.3, 0.4) is 0 Å². The van der Waals surface area contributed by atoms with E-state index in [2.05, 4.69) is 15.7 Å². The highest BCUT2D eigenvalue weighted by molar-refractivity contribution is 5.72. The maximum absolute atomic E-state index is 9.44. The molecule has 0 aromatic heterocycles. The third-order valence-electron chi connectivity index (χ3n) is 2.37. The summed E-state index contributed by atoms with van der Waals surface area (Å²) in [5.74, 6) is 5.27. The van der Waals surface area contributed by atoms with Crippen LogP contribution in [-0.4, -0.2) is 17.1 Å². The molecule has 0 aliphatic rings. The van der Waals surface area contributed by atoms with Gasteiger partial charge in [0.05, 0.1) is 5.69 Å². The van der Waals surface area contributed by atoms with Gasteiger partial charge in [0.15, 0.2) is 6.23 Å². The second kappa shape index (κ2) is 14.0. The molecule has 2 aromatic rings. The normalized spacial score (nSPS) is 10.7. The zero-order valence-electron chi connectivity index (χ0n) is 14.4. The highest BCUT2D eigenvalue weighted by atomic mass is 16.3. The summed E-state index contributed by atoms with van der Waals surface area (Å²) < 4.78 is 0. The van der Waals surface area contributed by atoms with E-state index in [0.29, 0.717) is 6.42 Å². The Bertz CT molecular complexity index is 570. The molecule has 0 aliphatic heterocycles. The Morgan fingerprint density at radius 3 is 1.92 bits per heavy atom. The van der Waals surface area contributed by atoms with Crippen molar-refractivity contribution in [1.29, 1.82) is 0 Å². The van der Waals surface area contributed by atoms with Crippen LogP contribution in [0.15, 0.2) is 70.9 Å². The summed E-state index contributed by atoms with van der Waals surface area (Å²) in [6, 6.07) is 19.0. The zero-order chi connectivity index (χ0) is 18.2.